The van der Waals surface area contributed by atoms with Crippen molar-refractivity contribution in [2.24, 2.45) is 0 Å². The summed E-state index contributed by atoms with van der Waals surface area (Å²) in [6.07, 6.45) is 2.47. The van der Waals surface area contributed by atoms with E-state index in [1.54, 1.807) is 6.92 Å². The van der Waals surface area contributed by atoms with Crippen molar-refractivity contribution in [3.8, 4) is 0 Å². The first-order chi connectivity index (χ1) is 9.52. The second-order valence-corrected chi connectivity index (χ2v) is 7.69. The summed E-state index contributed by atoms with van der Waals surface area (Å²) in [5.41, 5.74) is 2.35. The summed E-state index contributed by atoms with van der Waals surface area (Å²) in [7, 11) is 0. The molecule has 1 saturated heterocycles. The molecule has 1 unspecified atom stereocenters. The van der Waals surface area contributed by atoms with Gasteiger partial charge in [-0.2, -0.15) is 11.8 Å². The third-order valence-corrected chi connectivity index (χ3v) is 5.78. The number of alkyl halides is 1. The van der Waals surface area contributed by atoms with Gasteiger partial charge in [-0.1, -0.05) is 0 Å². The largest absolute Gasteiger partial charge is 0.326 e. The molecule has 1 atom stereocenters. The van der Waals surface area contributed by atoms with Gasteiger partial charge in [0.1, 0.15) is 11.6 Å². The minimum absolute atomic E-state index is 0.204. The molecule has 3 rings (SSSR count). The molecule has 1 aromatic carbocycles. The van der Waals surface area contributed by atoms with Crippen molar-refractivity contribution in [1.82, 2.24) is 9.55 Å². The standard InChI is InChI=1S/C15H18ClFN2S/c1-10-6-13-12(7-11(10)17)18-14(8-16)19(13)9-15(2)4-3-5-20-15/h6-7H,3-5,8-9H2,1-2H3. The number of hydrogen-bond donors (Lipinski definition) is 0. The molecule has 0 amide bonds. The number of fused-ring (bicyclic) bond motifs is 1. The smallest absolute Gasteiger partial charge is 0.128 e. The maximum Gasteiger partial charge on any atom is 0.128 e. The lowest BCUT2D eigenvalue weighted by Crippen LogP contribution is -2.24. The summed E-state index contributed by atoms with van der Waals surface area (Å²) in [5.74, 6) is 2.20. The van der Waals surface area contributed by atoms with Crippen molar-refractivity contribution in [2.75, 3.05) is 5.75 Å². The van der Waals surface area contributed by atoms with E-state index in [0.29, 0.717) is 17.0 Å². The predicted octanol–water partition coefficient (Wildman–Crippen LogP) is 4.51. The van der Waals surface area contributed by atoms with Gasteiger partial charge in [-0.05, 0) is 44.1 Å². The van der Waals surface area contributed by atoms with E-state index in [4.69, 9.17) is 11.6 Å². The maximum atomic E-state index is 13.7. The van der Waals surface area contributed by atoms with Gasteiger partial charge in [-0.3, -0.25) is 0 Å². The van der Waals surface area contributed by atoms with Crippen molar-refractivity contribution in [3.63, 3.8) is 0 Å². The van der Waals surface area contributed by atoms with Crippen LogP contribution in [0.3, 0.4) is 0 Å². The predicted molar refractivity (Wildman–Crippen MR) is 84.1 cm³/mol. The van der Waals surface area contributed by atoms with Gasteiger partial charge in [0.15, 0.2) is 0 Å². The van der Waals surface area contributed by atoms with Gasteiger partial charge in [0.25, 0.3) is 0 Å². The third kappa shape index (κ3) is 2.44. The third-order valence-electron chi connectivity index (χ3n) is 4.02. The Bertz CT molecular complexity index is 647. The van der Waals surface area contributed by atoms with Crippen LogP contribution in [0.1, 0.15) is 31.2 Å². The van der Waals surface area contributed by atoms with Gasteiger partial charge in [-0.25, -0.2) is 9.37 Å². The Kier molecular flexibility index (Phi) is 3.71. The molecule has 0 N–H and O–H groups in total. The van der Waals surface area contributed by atoms with Crippen molar-refractivity contribution in [3.05, 3.63) is 29.3 Å². The number of aryl methyl sites for hydroxylation is 1. The SMILES string of the molecule is Cc1cc2c(cc1F)nc(CCl)n2CC1(C)CCCS1. The average Bonchev–Trinajstić information content (AvgIpc) is 2.96. The number of benzene rings is 1. The molecular weight excluding hydrogens is 295 g/mol. The van der Waals surface area contributed by atoms with Gasteiger partial charge in [0, 0.05) is 17.4 Å². The van der Waals surface area contributed by atoms with Gasteiger partial charge >= 0.3 is 0 Å². The highest BCUT2D eigenvalue weighted by Crippen LogP contribution is 2.40. The number of aromatic nitrogens is 2. The van der Waals surface area contributed by atoms with E-state index < -0.39 is 0 Å². The van der Waals surface area contributed by atoms with Crippen LogP contribution >= 0.6 is 23.4 Å². The number of imidazole rings is 1. The van der Waals surface area contributed by atoms with E-state index in [0.717, 1.165) is 17.9 Å². The summed E-state index contributed by atoms with van der Waals surface area (Å²) in [4.78, 5) is 4.49. The first-order valence-electron chi connectivity index (χ1n) is 6.88. The lowest BCUT2D eigenvalue weighted by Gasteiger charge is -2.24. The number of hydrogen-bond acceptors (Lipinski definition) is 2. The van der Waals surface area contributed by atoms with Gasteiger partial charge < -0.3 is 4.57 Å². The van der Waals surface area contributed by atoms with Gasteiger partial charge in [0.2, 0.25) is 0 Å². The molecule has 0 spiro atoms. The van der Waals surface area contributed by atoms with Crippen LogP contribution in [0.5, 0.6) is 0 Å². The lowest BCUT2D eigenvalue weighted by molar-refractivity contribution is 0.510. The molecule has 1 aliphatic heterocycles. The zero-order chi connectivity index (χ0) is 14.3. The molecule has 1 aliphatic rings. The van der Waals surface area contributed by atoms with E-state index in [1.165, 1.54) is 24.7 Å². The average molecular weight is 313 g/mol. The number of thioether (sulfide) groups is 1. The molecule has 0 aliphatic carbocycles. The Hall–Kier alpha value is -0.740. The highest BCUT2D eigenvalue weighted by molar-refractivity contribution is 8.00. The Morgan fingerprint density at radius 3 is 2.95 bits per heavy atom. The molecule has 20 heavy (non-hydrogen) atoms. The van der Waals surface area contributed by atoms with Crippen LogP contribution in [-0.4, -0.2) is 20.1 Å². The fourth-order valence-electron chi connectivity index (χ4n) is 2.87. The van der Waals surface area contributed by atoms with Crippen molar-refractivity contribution < 1.29 is 4.39 Å². The summed E-state index contributed by atoms with van der Waals surface area (Å²) >= 11 is 8.04. The molecule has 2 nitrogen and oxygen atoms in total. The number of halogens is 2. The van der Waals surface area contributed by atoms with Crippen LogP contribution in [0.25, 0.3) is 11.0 Å². The zero-order valence-electron chi connectivity index (χ0n) is 11.7. The zero-order valence-corrected chi connectivity index (χ0v) is 13.3. The lowest BCUT2D eigenvalue weighted by atomic mass is 10.1. The van der Waals surface area contributed by atoms with Crippen LogP contribution < -0.4 is 0 Å². The van der Waals surface area contributed by atoms with Crippen LogP contribution in [-0.2, 0) is 12.4 Å². The van der Waals surface area contributed by atoms with Crippen molar-refractivity contribution in [1.29, 1.82) is 0 Å². The molecule has 2 heterocycles. The second kappa shape index (κ2) is 5.23. The quantitative estimate of drug-likeness (QED) is 0.776. The van der Waals surface area contributed by atoms with E-state index in [9.17, 15) is 4.39 Å². The maximum absolute atomic E-state index is 13.7. The van der Waals surface area contributed by atoms with Crippen LogP contribution in [0, 0.1) is 12.7 Å². The van der Waals surface area contributed by atoms with Gasteiger partial charge in [0.05, 0.1) is 16.9 Å². The fourth-order valence-corrected chi connectivity index (χ4v) is 4.37. The number of nitrogens with zero attached hydrogens (tertiary/aromatic N) is 2. The molecule has 5 heteroatoms. The molecule has 1 fully saturated rings. The Balaban J connectivity index is 2.10. The first kappa shape index (κ1) is 14.2. The summed E-state index contributed by atoms with van der Waals surface area (Å²) < 4.78 is 16.1. The fraction of sp³-hybridized carbons (Fsp3) is 0.533. The van der Waals surface area contributed by atoms with E-state index >= 15 is 0 Å². The summed E-state index contributed by atoms with van der Waals surface area (Å²) in [6.45, 7) is 4.98. The van der Waals surface area contributed by atoms with E-state index in [2.05, 4.69) is 16.5 Å². The molecule has 108 valence electrons. The van der Waals surface area contributed by atoms with E-state index in [-0.39, 0.29) is 10.6 Å². The van der Waals surface area contributed by atoms with Crippen LogP contribution in [0.2, 0.25) is 0 Å². The molecule has 0 radical (unpaired) electrons. The van der Waals surface area contributed by atoms with Crippen LogP contribution in [0.4, 0.5) is 4.39 Å². The summed E-state index contributed by atoms with van der Waals surface area (Å²) in [5, 5.41) is 0. The minimum Gasteiger partial charge on any atom is -0.326 e. The topological polar surface area (TPSA) is 17.8 Å². The van der Waals surface area contributed by atoms with Crippen molar-refractivity contribution >= 4 is 34.4 Å². The highest BCUT2D eigenvalue weighted by Gasteiger charge is 2.31. The molecule has 1 aromatic heterocycles. The normalized spacial score (nSPS) is 22.8. The van der Waals surface area contributed by atoms with Gasteiger partial charge in [-0.15, -0.1) is 11.6 Å². The summed E-state index contributed by atoms with van der Waals surface area (Å²) in [6, 6.07) is 3.40. The monoisotopic (exact) mass is 312 g/mol. The van der Waals surface area contributed by atoms with Crippen LogP contribution in [0.15, 0.2) is 12.1 Å². The Labute approximate surface area is 127 Å². The minimum atomic E-state index is -0.204. The highest BCUT2D eigenvalue weighted by atomic mass is 35.5. The Morgan fingerprint density at radius 2 is 2.30 bits per heavy atom. The van der Waals surface area contributed by atoms with Crippen molar-refractivity contribution in [2.45, 2.75) is 43.9 Å². The van der Waals surface area contributed by atoms with E-state index in [1.807, 2.05) is 17.8 Å². The second-order valence-electron chi connectivity index (χ2n) is 5.74. The molecular formula is C15H18ClFN2S. The first-order valence-corrected chi connectivity index (χ1v) is 8.40. The number of rotatable bonds is 3. The molecule has 0 saturated carbocycles. The molecule has 0 bridgehead atoms. The molecule has 2 aromatic rings. The Morgan fingerprint density at radius 1 is 1.50 bits per heavy atom.